The van der Waals surface area contributed by atoms with Crippen LogP contribution in [0.5, 0.6) is 0 Å². The molecule has 2 amide bonds. The van der Waals surface area contributed by atoms with Crippen LogP contribution in [0.15, 0.2) is 12.1 Å². The fourth-order valence-corrected chi connectivity index (χ4v) is 2.39. The lowest BCUT2D eigenvalue weighted by molar-refractivity contribution is 0.203. The van der Waals surface area contributed by atoms with E-state index in [9.17, 15) is 4.79 Å². The first-order valence-electron chi connectivity index (χ1n) is 5.81. The molecule has 1 heterocycles. The molecule has 0 saturated carbocycles. The van der Waals surface area contributed by atoms with Gasteiger partial charge in [0.2, 0.25) is 0 Å². The number of hydrogen-bond acceptors (Lipinski definition) is 2. The Morgan fingerprint density at radius 1 is 1.25 bits per heavy atom. The second kappa shape index (κ2) is 6.53. The van der Waals surface area contributed by atoms with Gasteiger partial charge in [-0.25, -0.2) is 4.79 Å². The molecule has 0 spiro atoms. The summed E-state index contributed by atoms with van der Waals surface area (Å²) in [7, 11) is 0. The summed E-state index contributed by atoms with van der Waals surface area (Å²) in [6.07, 6.45) is 1.06. The van der Waals surface area contributed by atoms with Gasteiger partial charge >= 0.3 is 6.03 Å². The van der Waals surface area contributed by atoms with Crippen molar-refractivity contribution < 1.29 is 4.79 Å². The van der Waals surface area contributed by atoms with Crippen LogP contribution in [0.2, 0.25) is 0 Å². The highest BCUT2D eigenvalue weighted by Gasteiger charge is 2.08. The fraction of sp³-hybridized carbons (Fsp3) is 0.583. The van der Waals surface area contributed by atoms with Gasteiger partial charge in [-0.05, 0) is 32.4 Å². The lowest BCUT2D eigenvalue weighted by atomic mass is 10.3. The van der Waals surface area contributed by atoms with Gasteiger partial charge in [-0.1, -0.05) is 6.92 Å². The summed E-state index contributed by atoms with van der Waals surface area (Å²) in [5.41, 5.74) is 0. The molecule has 3 nitrogen and oxygen atoms in total. The first-order valence-corrected chi connectivity index (χ1v) is 6.63. The molecule has 1 N–H and O–H groups in total. The van der Waals surface area contributed by atoms with E-state index in [1.165, 1.54) is 9.75 Å². The molecule has 1 aromatic heterocycles. The van der Waals surface area contributed by atoms with Crippen molar-refractivity contribution in [1.29, 1.82) is 0 Å². The second-order valence-electron chi connectivity index (χ2n) is 3.55. The molecule has 0 aliphatic carbocycles. The van der Waals surface area contributed by atoms with E-state index >= 15 is 0 Å². The van der Waals surface area contributed by atoms with Crippen LogP contribution in [0, 0.1) is 0 Å². The van der Waals surface area contributed by atoms with Crippen LogP contribution in [0.4, 0.5) is 4.79 Å². The van der Waals surface area contributed by atoms with E-state index in [1.807, 2.05) is 13.8 Å². The third-order valence-corrected chi connectivity index (χ3v) is 3.76. The van der Waals surface area contributed by atoms with Gasteiger partial charge in [-0.2, -0.15) is 0 Å². The van der Waals surface area contributed by atoms with E-state index in [2.05, 4.69) is 24.4 Å². The Bertz CT molecular complexity index is 332. The van der Waals surface area contributed by atoms with Gasteiger partial charge in [-0.3, -0.25) is 0 Å². The van der Waals surface area contributed by atoms with E-state index in [1.54, 1.807) is 16.2 Å². The summed E-state index contributed by atoms with van der Waals surface area (Å²) in [6, 6.07) is 4.24. The van der Waals surface area contributed by atoms with Crippen LogP contribution in [-0.2, 0) is 13.0 Å². The Labute approximate surface area is 101 Å². The van der Waals surface area contributed by atoms with Gasteiger partial charge in [0.1, 0.15) is 0 Å². The first-order chi connectivity index (χ1) is 7.71. The zero-order valence-electron chi connectivity index (χ0n) is 10.2. The zero-order chi connectivity index (χ0) is 12.0. The van der Waals surface area contributed by atoms with Gasteiger partial charge in [0, 0.05) is 22.8 Å². The molecule has 0 aliphatic heterocycles. The third kappa shape index (κ3) is 3.52. The molecule has 0 unspecified atom stereocenters. The topological polar surface area (TPSA) is 32.3 Å². The number of urea groups is 1. The molecule has 1 rings (SSSR count). The first kappa shape index (κ1) is 13.0. The molecule has 0 aliphatic rings. The summed E-state index contributed by atoms with van der Waals surface area (Å²) in [6.45, 7) is 8.27. The van der Waals surface area contributed by atoms with Crippen molar-refractivity contribution in [2.24, 2.45) is 0 Å². The van der Waals surface area contributed by atoms with Gasteiger partial charge in [0.25, 0.3) is 0 Å². The van der Waals surface area contributed by atoms with Gasteiger partial charge in [-0.15, -0.1) is 11.3 Å². The van der Waals surface area contributed by atoms with E-state index in [0.717, 1.165) is 19.5 Å². The minimum Gasteiger partial charge on any atom is -0.333 e. The molecule has 0 aromatic carbocycles. The van der Waals surface area contributed by atoms with Crippen molar-refractivity contribution in [2.45, 2.75) is 33.7 Å². The molecular formula is C12H20N2OS. The van der Waals surface area contributed by atoms with Crippen molar-refractivity contribution >= 4 is 17.4 Å². The fourth-order valence-electron chi connectivity index (χ4n) is 1.49. The second-order valence-corrected chi connectivity index (χ2v) is 4.81. The number of nitrogens with zero attached hydrogens (tertiary/aromatic N) is 1. The molecule has 0 radical (unpaired) electrons. The van der Waals surface area contributed by atoms with E-state index in [-0.39, 0.29) is 6.03 Å². The van der Waals surface area contributed by atoms with Crippen LogP contribution in [0.25, 0.3) is 0 Å². The minimum atomic E-state index is 0.0245. The average Bonchev–Trinajstić information content (AvgIpc) is 2.76. The van der Waals surface area contributed by atoms with Crippen LogP contribution < -0.4 is 5.32 Å². The molecule has 1 aromatic rings. The van der Waals surface area contributed by atoms with Crippen molar-refractivity contribution in [2.75, 3.05) is 13.1 Å². The maximum absolute atomic E-state index is 11.7. The summed E-state index contributed by atoms with van der Waals surface area (Å²) < 4.78 is 0. The van der Waals surface area contributed by atoms with E-state index in [0.29, 0.717) is 6.54 Å². The lowest BCUT2D eigenvalue weighted by Gasteiger charge is -2.18. The molecule has 0 bridgehead atoms. The summed E-state index contributed by atoms with van der Waals surface area (Å²) >= 11 is 1.77. The van der Waals surface area contributed by atoms with Crippen LogP contribution in [0.1, 0.15) is 30.5 Å². The third-order valence-electron chi connectivity index (χ3n) is 2.53. The molecule has 16 heavy (non-hydrogen) atoms. The Balaban J connectivity index is 2.41. The Morgan fingerprint density at radius 3 is 2.38 bits per heavy atom. The van der Waals surface area contributed by atoms with Crippen molar-refractivity contribution in [3.05, 3.63) is 21.9 Å². The predicted octanol–water partition coefficient (Wildman–Crippen LogP) is 2.86. The number of aryl methyl sites for hydroxylation is 1. The summed E-state index contributed by atoms with van der Waals surface area (Å²) in [5.74, 6) is 0. The Morgan fingerprint density at radius 2 is 1.88 bits per heavy atom. The standard InChI is InChI=1S/C12H20N2OS/c1-4-10-7-8-11(16-10)9-13-12(15)14(5-2)6-3/h7-8H,4-6,9H2,1-3H3,(H,13,15). The van der Waals surface area contributed by atoms with Crippen LogP contribution in [0.3, 0.4) is 0 Å². The van der Waals surface area contributed by atoms with Crippen molar-refractivity contribution in [1.82, 2.24) is 10.2 Å². The smallest absolute Gasteiger partial charge is 0.317 e. The average molecular weight is 240 g/mol. The van der Waals surface area contributed by atoms with Crippen LogP contribution >= 0.6 is 11.3 Å². The lowest BCUT2D eigenvalue weighted by Crippen LogP contribution is -2.39. The quantitative estimate of drug-likeness (QED) is 0.843. The van der Waals surface area contributed by atoms with Crippen molar-refractivity contribution in [3.8, 4) is 0 Å². The number of carbonyl (C=O) groups excluding carboxylic acids is 1. The normalized spacial score (nSPS) is 10.2. The zero-order valence-corrected chi connectivity index (χ0v) is 11.1. The molecule has 0 atom stereocenters. The number of rotatable bonds is 5. The largest absolute Gasteiger partial charge is 0.333 e. The number of carbonyl (C=O) groups is 1. The molecule has 0 fully saturated rings. The van der Waals surface area contributed by atoms with Gasteiger partial charge in [0.15, 0.2) is 0 Å². The molecule has 0 saturated heterocycles. The van der Waals surface area contributed by atoms with Gasteiger partial charge < -0.3 is 10.2 Å². The molecular weight excluding hydrogens is 220 g/mol. The Hall–Kier alpha value is -1.03. The van der Waals surface area contributed by atoms with E-state index < -0.39 is 0 Å². The van der Waals surface area contributed by atoms with Gasteiger partial charge in [0.05, 0.1) is 6.54 Å². The number of hydrogen-bond donors (Lipinski definition) is 1. The highest BCUT2D eigenvalue weighted by atomic mass is 32.1. The summed E-state index contributed by atoms with van der Waals surface area (Å²) in [4.78, 5) is 16.0. The number of thiophene rings is 1. The van der Waals surface area contributed by atoms with Crippen LogP contribution in [-0.4, -0.2) is 24.0 Å². The highest BCUT2D eigenvalue weighted by molar-refractivity contribution is 7.11. The monoisotopic (exact) mass is 240 g/mol. The molecule has 4 heteroatoms. The van der Waals surface area contributed by atoms with Crippen molar-refractivity contribution in [3.63, 3.8) is 0 Å². The minimum absolute atomic E-state index is 0.0245. The number of amides is 2. The number of nitrogens with one attached hydrogen (secondary N) is 1. The summed E-state index contributed by atoms with van der Waals surface area (Å²) in [5, 5.41) is 2.94. The predicted molar refractivity (Wildman–Crippen MR) is 68.9 cm³/mol. The maximum atomic E-state index is 11.7. The highest BCUT2D eigenvalue weighted by Crippen LogP contribution is 2.16. The SMILES string of the molecule is CCc1ccc(CNC(=O)N(CC)CC)s1. The van der Waals surface area contributed by atoms with E-state index in [4.69, 9.17) is 0 Å². The molecule has 90 valence electrons. The Kier molecular flexibility index (Phi) is 5.32. The maximum Gasteiger partial charge on any atom is 0.317 e.